The van der Waals surface area contributed by atoms with E-state index in [2.05, 4.69) is 21.5 Å². The molecule has 0 saturated carbocycles. The number of thioether (sulfide) groups is 1. The van der Waals surface area contributed by atoms with E-state index in [9.17, 15) is 0 Å². The summed E-state index contributed by atoms with van der Waals surface area (Å²) in [6.07, 6.45) is 8.33. The molecule has 0 amide bonds. The van der Waals surface area contributed by atoms with Gasteiger partial charge in [0.1, 0.15) is 0 Å². The molecule has 124 valence electrons. The second-order valence-corrected chi connectivity index (χ2v) is 6.39. The van der Waals surface area contributed by atoms with Gasteiger partial charge in [-0.2, -0.15) is 11.8 Å². The molecule has 5 nitrogen and oxygen atoms in total. The number of hydrogen-bond donors (Lipinski definition) is 2. The summed E-state index contributed by atoms with van der Waals surface area (Å²) in [6, 6.07) is 0. The first-order valence-corrected chi connectivity index (χ1v) is 9.55. The lowest BCUT2D eigenvalue weighted by atomic mass is 10.2. The molecule has 0 unspecified atom stereocenters. The predicted octanol–water partition coefficient (Wildman–Crippen LogP) is 1.54. The molecule has 0 radical (unpaired) electrons. The van der Waals surface area contributed by atoms with Gasteiger partial charge < -0.3 is 15.8 Å². The second kappa shape index (κ2) is 13.2. The maximum Gasteiger partial charge on any atom is 0.188 e. The van der Waals surface area contributed by atoms with E-state index in [0.717, 1.165) is 52.4 Å². The van der Waals surface area contributed by atoms with Crippen molar-refractivity contribution >= 4 is 17.7 Å². The zero-order valence-corrected chi connectivity index (χ0v) is 14.3. The molecule has 1 aliphatic heterocycles. The molecule has 0 spiro atoms. The maximum absolute atomic E-state index is 5.86. The molecule has 3 N–H and O–H groups in total. The van der Waals surface area contributed by atoms with Gasteiger partial charge in [-0.3, -0.25) is 9.89 Å². The number of aliphatic imine (C=N–C) groups is 1. The minimum absolute atomic E-state index is 0.598. The average Bonchev–Trinajstić information content (AvgIpc) is 2.52. The number of rotatable bonds is 11. The Bertz CT molecular complexity index is 270. The molecular formula is C15H32N4OS. The highest BCUT2D eigenvalue weighted by Gasteiger charge is 2.08. The highest BCUT2D eigenvalue weighted by atomic mass is 32.2. The number of guanidine groups is 1. The van der Waals surface area contributed by atoms with E-state index >= 15 is 0 Å². The first-order valence-electron chi connectivity index (χ1n) is 8.16. The lowest BCUT2D eigenvalue weighted by Gasteiger charge is -2.26. The molecule has 6 heteroatoms. The summed E-state index contributed by atoms with van der Waals surface area (Å²) >= 11 is 1.93. The van der Waals surface area contributed by atoms with Gasteiger partial charge in [0.15, 0.2) is 5.96 Å². The van der Waals surface area contributed by atoms with Crippen molar-refractivity contribution in [2.75, 3.05) is 57.9 Å². The van der Waals surface area contributed by atoms with Crippen LogP contribution in [0.1, 0.15) is 32.1 Å². The number of nitrogens with two attached hydrogens (primary N) is 1. The van der Waals surface area contributed by atoms with Crippen LogP contribution in [0.2, 0.25) is 0 Å². The van der Waals surface area contributed by atoms with E-state index in [-0.39, 0.29) is 0 Å². The van der Waals surface area contributed by atoms with E-state index in [1.165, 1.54) is 31.4 Å². The van der Waals surface area contributed by atoms with Crippen LogP contribution in [-0.2, 0) is 4.74 Å². The van der Waals surface area contributed by atoms with Gasteiger partial charge in [-0.25, -0.2) is 0 Å². The molecule has 1 fully saturated rings. The zero-order chi connectivity index (χ0) is 15.2. The Balaban J connectivity index is 1.90. The fraction of sp³-hybridized carbons (Fsp3) is 0.933. The molecular weight excluding hydrogens is 284 g/mol. The van der Waals surface area contributed by atoms with E-state index in [4.69, 9.17) is 10.5 Å². The topological polar surface area (TPSA) is 62.9 Å². The summed E-state index contributed by atoms with van der Waals surface area (Å²) < 4.78 is 5.33. The van der Waals surface area contributed by atoms with Crippen LogP contribution in [0.3, 0.4) is 0 Å². The number of morpholine rings is 1. The number of nitrogens with zero attached hydrogens (tertiary/aromatic N) is 2. The van der Waals surface area contributed by atoms with Crippen molar-refractivity contribution in [1.29, 1.82) is 0 Å². The van der Waals surface area contributed by atoms with Crippen molar-refractivity contribution in [3.05, 3.63) is 0 Å². The summed E-state index contributed by atoms with van der Waals surface area (Å²) in [5, 5.41) is 3.20. The van der Waals surface area contributed by atoms with Crippen LogP contribution < -0.4 is 11.1 Å². The largest absolute Gasteiger partial charge is 0.379 e. The molecule has 0 aliphatic carbocycles. The summed E-state index contributed by atoms with van der Waals surface area (Å²) in [7, 11) is 0. The Morgan fingerprint density at radius 2 is 1.95 bits per heavy atom. The summed E-state index contributed by atoms with van der Waals surface area (Å²) in [5.74, 6) is 1.88. The third-order valence-corrected chi connectivity index (χ3v) is 4.30. The smallest absolute Gasteiger partial charge is 0.188 e. The maximum atomic E-state index is 5.86. The van der Waals surface area contributed by atoms with Crippen LogP contribution in [0.25, 0.3) is 0 Å². The molecule has 0 aromatic rings. The molecule has 1 rings (SSSR count). The SMILES string of the molecule is CSCCCCCCNC(N)=NCCCN1CCOCC1. The highest BCUT2D eigenvalue weighted by molar-refractivity contribution is 7.98. The number of unbranched alkanes of at least 4 members (excludes halogenated alkanes) is 3. The molecule has 0 aromatic carbocycles. The van der Waals surface area contributed by atoms with Crippen LogP contribution in [0.15, 0.2) is 4.99 Å². The van der Waals surface area contributed by atoms with E-state index in [1.54, 1.807) is 0 Å². The van der Waals surface area contributed by atoms with Gasteiger partial charge in [0.2, 0.25) is 0 Å². The lowest BCUT2D eigenvalue weighted by molar-refractivity contribution is 0.0377. The number of hydrogen-bond acceptors (Lipinski definition) is 4. The Kier molecular flexibility index (Phi) is 11.7. The van der Waals surface area contributed by atoms with Crippen molar-refractivity contribution < 1.29 is 4.74 Å². The fourth-order valence-corrected chi connectivity index (χ4v) is 2.81. The van der Waals surface area contributed by atoms with E-state index in [1.807, 2.05) is 11.8 Å². The van der Waals surface area contributed by atoms with Gasteiger partial charge in [-0.1, -0.05) is 12.8 Å². The molecule has 0 bridgehead atoms. The van der Waals surface area contributed by atoms with Gasteiger partial charge in [0.25, 0.3) is 0 Å². The van der Waals surface area contributed by atoms with Crippen molar-refractivity contribution in [3.8, 4) is 0 Å². The predicted molar refractivity (Wildman–Crippen MR) is 93.2 cm³/mol. The van der Waals surface area contributed by atoms with Crippen LogP contribution in [-0.4, -0.2) is 68.8 Å². The van der Waals surface area contributed by atoms with Crippen LogP contribution >= 0.6 is 11.8 Å². The first kappa shape index (κ1) is 18.6. The van der Waals surface area contributed by atoms with Gasteiger partial charge in [-0.15, -0.1) is 0 Å². The number of nitrogens with one attached hydrogen (secondary N) is 1. The van der Waals surface area contributed by atoms with Crippen molar-refractivity contribution in [2.24, 2.45) is 10.7 Å². The minimum atomic E-state index is 0.598. The molecule has 0 aromatic heterocycles. The summed E-state index contributed by atoms with van der Waals surface area (Å²) in [5.41, 5.74) is 5.86. The number of ether oxygens (including phenoxy) is 1. The Morgan fingerprint density at radius 3 is 2.71 bits per heavy atom. The normalized spacial score (nSPS) is 17.1. The van der Waals surface area contributed by atoms with Crippen molar-refractivity contribution in [3.63, 3.8) is 0 Å². The third kappa shape index (κ3) is 10.8. The van der Waals surface area contributed by atoms with Gasteiger partial charge in [0.05, 0.1) is 13.2 Å². The fourth-order valence-electron chi connectivity index (χ4n) is 2.32. The standard InChI is InChI=1S/C15H32N4OS/c1-21-14-5-3-2-4-7-17-15(16)18-8-6-9-19-10-12-20-13-11-19/h2-14H2,1H3,(H3,16,17,18). The summed E-state index contributed by atoms with van der Waals surface area (Å²) in [4.78, 5) is 6.81. The van der Waals surface area contributed by atoms with Crippen LogP contribution in [0.5, 0.6) is 0 Å². The molecule has 1 heterocycles. The van der Waals surface area contributed by atoms with E-state index in [0.29, 0.717) is 5.96 Å². The molecule has 0 atom stereocenters. The second-order valence-electron chi connectivity index (χ2n) is 5.41. The Labute approximate surface area is 134 Å². The van der Waals surface area contributed by atoms with Crippen LogP contribution in [0, 0.1) is 0 Å². The molecule has 1 aliphatic rings. The third-order valence-electron chi connectivity index (χ3n) is 3.60. The average molecular weight is 317 g/mol. The quantitative estimate of drug-likeness (QED) is 0.344. The van der Waals surface area contributed by atoms with Crippen molar-refractivity contribution in [1.82, 2.24) is 10.2 Å². The zero-order valence-electron chi connectivity index (χ0n) is 13.5. The first-order chi connectivity index (χ1) is 10.3. The molecule has 1 saturated heterocycles. The van der Waals surface area contributed by atoms with Gasteiger partial charge in [-0.05, 0) is 31.3 Å². The Morgan fingerprint density at radius 1 is 1.19 bits per heavy atom. The van der Waals surface area contributed by atoms with Crippen molar-refractivity contribution in [2.45, 2.75) is 32.1 Å². The van der Waals surface area contributed by atoms with Gasteiger partial charge >= 0.3 is 0 Å². The van der Waals surface area contributed by atoms with Crippen LogP contribution in [0.4, 0.5) is 0 Å². The Hall–Kier alpha value is -0.460. The van der Waals surface area contributed by atoms with E-state index < -0.39 is 0 Å². The lowest BCUT2D eigenvalue weighted by Crippen LogP contribution is -2.37. The van der Waals surface area contributed by atoms with Gasteiger partial charge in [0, 0.05) is 32.7 Å². The summed E-state index contributed by atoms with van der Waals surface area (Å²) in [6.45, 7) is 6.67. The highest BCUT2D eigenvalue weighted by Crippen LogP contribution is 2.03. The minimum Gasteiger partial charge on any atom is -0.379 e. The monoisotopic (exact) mass is 316 g/mol. The molecule has 21 heavy (non-hydrogen) atoms.